The van der Waals surface area contributed by atoms with Crippen LogP contribution in [0.1, 0.15) is 19.3 Å². The summed E-state index contributed by atoms with van der Waals surface area (Å²) in [5.74, 6) is 0. The van der Waals surface area contributed by atoms with Crippen molar-refractivity contribution in [1.29, 1.82) is 0 Å². The smallest absolute Gasteiger partial charge is 0.120 e. The highest BCUT2D eigenvalue weighted by atomic mass is 16.1. The molecule has 2 heterocycles. The minimum absolute atomic E-state index is 0.269. The Kier molecular flexibility index (Phi) is 1.69. The molecular formula is C8H14N2O. The van der Waals surface area contributed by atoms with Crippen molar-refractivity contribution in [2.45, 2.75) is 30.8 Å². The molecule has 0 saturated carbocycles. The number of hydrogen-bond donors (Lipinski definition) is 2. The lowest BCUT2D eigenvalue weighted by molar-refractivity contribution is -0.108. The van der Waals surface area contributed by atoms with Gasteiger partial charge in [-0.05, 0) is 12.8 Å². The highest BCUT2D eigenvalue weighted by molar-refractivity contribution is 5.49. The van der Waals surface area contributed by atoms with Gasteiger partial charge in [0.05, 0.1) is 0 Å². The summed E-state index contributed by atoms with van der Waals surface area (Å²) in [4.78, 5) is 10.2. The van der Waals surface area contributed by atoms with E-state index in [-0.39, 0.29) is 5.54 Å². The Bertz CT molecular complexity index is 161. The van der Waals surface area contributed by atoms with Gasteiger partial charge < -0.3 is 15.4 Å². The third-order valence-electron chi connectivity index (χ3n) is 2.83. The van der Waals surface area contributed by atoms with Gasteiger partial charge in [0.1, 0.15) is 6.29 Å². The third kappa shape index (κ3) is 1.19. The predicted molar refractivity (Wildman–Crippen MR) is 42.4 cm³/mol. The second-order valence-corrected chi connectivity index (χ2v) is 3.65. The first-order valence-corrected chi connectivity index (χ1v) is 4.27. The minimum atomic E-state index is 0.269. The van der Waals surface area contributed by atoms with Gasteiger partial charge in [0.2, 0.25) is 0 Å². The minimum Gasteiger partial charge on any atom is -0.311 e. The molecule has 2 aliphatic heterocycles. The molecule has 2 atom stereocenters. The fraction of sp³-hybridized carbons (Fsp3) is 0.875. The zero-order valence-corrected chi connectivity index (χ0v) is 6.60. The predicted octanol–water partition coefficient (Wildman–Crippen LogP) is -0.331. The van der Waals surface area contributed by atoms with Crippen molar-refractivity contribution >= 4 is 6.29 Å². The van der Waals surface area contributed by atoms with Crippen LogP contribution in [-0.2, 0) is 4.79 Å². The van der Waals surface area contributed by atoms with Gasteiger partial charge in [-0.3, -0.25) is 0 Å². The van der Waals surface area contributed by atoms with E-state index in [1.165, 1.54) is 6.42 Å². The summed E-state index contributed by atoms with van der Waals surface area (Å²) in [5, 5.41) is 6.91. The summed E-state index contributed by atoms with van der Waals surface area (Å²) in [6, 6.07) is 0.668. The van der Waals surface area contributed by atoms with Crippen LogP contribution >= 0.6 is 0 Å². The van der Waals surface area contributed by atoms with Crippen molar-refractivity contribution in [1.82, 2.24) is 10.6 Å². The lowest BCUT2D eigenvalue weighted by atomic mass is 9.94. The van der Waals surface area contributed by atoms with Gasteiger partial charge in [0, 0.05) is 31.1 Å². The van der Waals surface area contributed by atoms with Crippen LogP contribution in [0.25, 0.3) is 0 Å². The van der Waals surface area contributed by atoms with Crippen LogP contribution in [0.2, 0.25) is 0 Å². The molecule has 0 aromatic carbocycles. The fourth-order valence-electron chi connectivity index (χ4n) is 2.19. The zero-order chi connectivity index (χ0) is 7.73. The van der Waals surface area contributed by atoms with Gasteiger partial charge in [0.15, 0.2) is 0 Å². The molecule has 2 unspecified atom stereocenters. The van der Waals surface area contributed by atoms with Crippen molar-refractivity contribution < 1.29 is 4.79 Å². The molecule has 0 aromatic heterocycles. The van der Waals surface area contributed by atoms with Gasteiger partial charge >= 0.3 is 0 Å². The maximum Gasteiger partial charge on any atom is 0.120 e. The molecule has 11 heavy (non-hydrogen) atoms. The molecule has 0 aliphatic carbocycles. The highest BCUT2D eigenvalue weighted by Crippen LogP contribution is 2.29. The van der Waals surface area contributed by atoms with E-state index in [1.807, 2.05) is 0 Å². The number of rotatable bonds is 3. The topological polar surface area (TPSA) is 41.1 Å². The van der Waals surface area contributed by atoms with Crippen LogP contribution in [0.5, 0.6) is 0 Å². The number of nitrogens with one attached hydrogen (secondary N) is 2. The van der Waals surface area contributed by atoms with E-state index in [4.69, 9.17) is 0 Å². The van der Waals surface area contributed by atoms with E-state index < -0.39 is 0 Å². The average molecular weight is 154 g/mol. The summed E-state index contributed by atoms with van der Waals surface area (Å²) >= 11 is 0. The van der Waals surface area contributed by atoms with E-state index in [9.17, 15) is 4.79 Å². The number of hydrogen-bond acceptors (Lipinski definition) is 3. The lowest BCUT2D eigenvalue weighted by Crippen LogP contribution is -2.49. The SMILES string of the molecule is O=CCCC12CNC(CN1)C2. The second-order valence-electron chi connectivity index (χ2n) is 3.65. The Morgan fingerprint density at radius 1 is 1.64 bits per heavy atom. The number of piperazine rings is 1. The molecule has 62 valence electrons. The largest absolute Gasteiger partial charge is 0.311 e. The number of carbonyl (C=O) groups is 1. The lowest BCUT2D eigenvalue weighted by Gasteiger charge is -2.26. The molecule has 0 radical (unpaired) electrons. The summed E-state index contributed by atoms with van der Waals surface area (Å²) in [6.45, 7) is 2.13. The Labute approximate surface area is 66.5 Å². The molecule has 0 aromatic rings. The van der Waals surface area contributed by atoms with Gasteiger partial charge in [-0.1, -0.05) is 0 Å². The maximum atomic E-state index is 10.2. The van der Waals surface area contributed by atoms with Crippen molar-refractivity contribution in [3.63, 3.8) is 0 Å². The van der Waals surface area contributed by atoms with Crippen molar-refractivity contribution in [3.05, 3.63) is 0 Å². The standard InChI is InChI=1S/C8H14N2O/c11-3-1-2-8-4-7(5-10-8)9-6-8/h3,7,9-10H,1-2,4-6H2. The maximum absolute atomic E-state index is 10.2. The molecule has 2 rings (SSSR count). The molecule has 2 aliphatic rings. The van der Waals surface area contributed by atoms with Crippen LogP contribution in [0.3, 0.4) is 0 Å². The first kappa shape index (κ1) is 7.25. The van der Waals surface area contributed by atoms with Crippen LogP contribution < -0.4 is 10.6 Å². The van der Waals surface area contributed by atoms with E-state index in [1.54, 1.807) is 0 Å². The first-order chi connectivity index (χ1) is 5.35. The van der Waals surface area contributed by atoms with Gasteiger partial charge in [-0.25, -0.2) is 0 Å². The van der Waals surface area contributed by atoms with E-state index in [2.05, 4.69) is 10.6 Å². The molecule has 3 nitrogen and oxygen atoms in total. The number of aldehydes is 1. The number of fused-ring (bicyclic) bond motifs is 2. The Hall–Kier alpha value is -0.410. The quantitative estimate of drug-likeness (QED) is 0.547. The monoisotopic (exact) mass is 154 g/mol. The van der Waals surface area contributed by atoms with E-state index in [0.29, 0.717) is 12.5 Å². The molecular weight excluding hydrogens is 140 g/mol. The van der Waals surface area contributed by atoms with E-state index >= 15 is 0 Å². The average Bonchev–Trinajstić information content (AvgIpc) is 2.60. The van der Waals surface area contributed by atoms with Crippen LogP contribution in [-0.4, -0.2) is 31.0 Å². The molecule has 2 bridgehead atoms. The van der Waals surface area contributed by atoms with Crippen molar-refractivity contribution in [3.8, 4) is 0 Å². The van der Waals surface area contributed by atoms with Gasteiger partial charge in [-0.15, -0.1) is 0 Å². The summed E-state index contributed by atoms with van der Waals surface area (Å²) < 4.78 is 0. The van der Waals surface area contributed by atoms with Crippen molar-refractivity contribution in [2.24, 2.45) is 0 Å². The summed E-state index contributed by atoms with van der Waals surface area (Å²) in [7, 11) is 0. The summed E-state index contributed by atoms with van der Waals surface area (Å²) in [6.07, 6.45) is 3.92. The molecule has 0 amide bonds. The van der Waals surface area contributed by atoms with Crippen LogP contribution in [0.15, 0.2) is 0 Å². The van der Waals surface area contributed by atoms with Crippen molar-refractivity contribution in [2.75, 3.05) is 13.1 Å². The third-order valence-corrected chi connectivity index (χ3v) is 2.83. The Morgan fingerprint density at radius 2 is 2.55 bits per heavy atom. The highest BCUT2D eigenvalue weighted by Gasteiger charge is 2.43. The zero-order valence-electron chi connectivity index (χ0n) is 6.60. The first-order valence-electron chi connectivity index (χ1n) is 4.27. The number of carbonyl (C=O) groups excluding carboxylic acids is 1. The molecule has 0 spiro atoms. The summed E-state index contributed by atoms with van der Waals surface area (Å²) in [5.41, 5.74) is 0.269. The van der Waals surface area contributed by atoms with Gasteiger partial charge in [-0.2, -0.15) is 0 Å². The Balaban J connectivity index is 1.94. The van der Waals surface area contributed by atoms with Crippen LogP contribution in [0.4, 0.5) is 0 Å². The normalized spacial score (nSPS) is 41.3. The van der Waals surface area contributed by atoms with Gasteiger partial charge in [0.25, 0.3) is 0 Å². The van der Waals surface area contributed by atoms with Crippen LogP contribution in [0, 0.1) is 0 Å². The molecule has 2 N–H and O–H groups in total. The van der Waals surface area contributed by atoms with E-state index in [0.717, 1.165) is 25.8 Å². The molecule has 2 fully saturated rings. The Morgan fingerprint density at radius 3 is 3.00 bits per heavy atom. The molecule has 2 saturated heterocycles. The second kappa shape index (κ2) is 2.57. The molecule has 3 heteroatoms. The fourth-order valence-corrected chi connectivity index (χ4v) is 2.19.